The molecule has 0 amide bonds. The molecule has 0 aromatic heterocycles. The normalized spacial score (nSPS) is 23.2. The molecule has 0 spiro atoms. The molecule has 1 heterocycles. The monoisotopic (exact) mass is 429 g/mol. The Morgan fingerprint density at radius 3 is 2.47 bits per heavy atom. The minimum absolute atomic E-state index is 0.559. The van der Waals surface area contributed by atoms with Gasteiger partial charge in [0, 0.05) is 49.7 Å². The topological polar surface area (TPSA) is 32.7 Å². The van der Waals surface area contributed by atoms with E-state index in [1.807, 2.05) is 0 Å². The van der Waals surface area contributed by atoms with Gasteiger partial charge in [-0.15, -0.1) is 0 Å². The molecule has 3 nitrogen and oxygen atoms in total. The van der Waals surface area contributed by atoms with E-state index < -0.39 is 5.60 Å². The average Bonchev–Trinajstić information content (AvgIpc) is 2.85. The van der Waals surface area contributed by atoms with Gasteiger partial charge in [0.2, 0.25) is 0 Å². The largest absolute Gasteiger partial charge is 0.385 e. The number of rotatable bonds is 5. The summed E-state index contributed by atoms with van der Waals surface area (Å²) >= 11 is 0. The maximum absolute atomic E-state index is 11.0. The van der Waals surface area contributed by atoms with Crippen molar-refractivity contribution in [3.8, 4) is 0 Å². The Hall–Kier alpha value is -2.36. The average molecular weight is 430 g/mol. The van der Waals surface area contributed by atoms with Crippen LogP contribution in [0, 0.1) is 0 Å². The van der Waals surface area contributed by atoms with Gasteiger partial charge in [0.15, 0.2) is 0 Å². The summed E-state index contributed by atoms with van der Waals surface area (Å²) in [7, 11) is 0. The summed E-state index contributed by atoms with van der Waals surface area (Å²) in [4.78, 5) is 2.63. The molecule has 1 N–H and O–H groups in total. The van der Waals surface area contributed by atoms with Crippen LogP contribution in [0.3, 0.4) is 0 Å². The Balaban J connectivity index is 1.35. The molecule has 1 aliphatic heterocycles. The van der Waals surface area contributed by atoms with Crippen molar-refractivity contribution in [2.75, 3.05) is 24.7 Å². The Labute approximate surface area is 192 Å². The summed E-state index contributed by atoms with van der Waals surface area (Å²) in [6.45, 7) is 4.60. The maximum atomic E-state index is 11.0. The van der Waals surface area contributed by atoms with Gasteiger partial charge in [-0.3, -0.25) is 0 Å². The fourth-order valence-corrected chi connectivity index (χ4v) is 5.90. The Morgan fingerprint density at radius 1 is 0.938 bits per heavy atom. The molecule has 1 saturated carbocycles. The first-order chi connectivity index (χ1) is 15.7. The zero-order valence-corrected chi connectivity index (χ0v) is 19.2. The Bertz CT molecular complexity index is 1030. The lowest BCUT2D eigenvalue weighted by molar-refractivity contribution is -0.0679. The maximum Gasteiger partial charge on any atom is 0.0940 e. The van der Waals surface area contributed by atoms with Crippen LogP contribution in [0.2, 0.25) is 0 Å². The predicted molar refractivity (Wildman–Crippen MR) is 132 cm³/mol. The number of nitrogens with zero attached hydrogens (tertiary/aromatic N) is 1. The zero-order chi connectivity index (χ0) is 22.0. The Kier molecular flexibility index (Phi) is 6.21. The number of hydrogen-bond donors (Lipinski definition) is 1. The highest BCUT2D eigenvalue weighted by molar-refractivity contribution is 5.94. The highest BCUT2D eigenvalue weighted by Gasteiger charge is 2.32. The second-order valence-corrected chi connectivity index (χ2v) is 9.57. The molecule has 3 aromatic rings. The molecule has 0 bridgehead atoms. The molecule has 2 aliphatic rings. The van der Waals surface area contributed by atoms with Gasteiger partial charge in [0.1, 0.15) is 0 Å². The van der Waals surface area contributed by atoms with Crippen molar-refractivity contribution in [1.29, 1.82) is 0 Å². The quantitative estimate of drug-likeness (QED) is 0.510. The number of ether oxygens (including phenoxy) is 1. The molecule has 3 aromatic carbocycles. The van der Waals surface area contributed by atoms with Crippen LogP contribution in [0.5, 0.6) is 0 Å². The standard InChI is InChI=1S/C29H35NO2/c1-2-30(28-12-6-8-23-7-3-4-11-27(23)28)26-10-5-9-24(21-26)22-13-15-25(16-14-22)29(31)17-19-32-20-18-29/h3-4,6-8,11-16,24,26,31H,2,5,9-10,17-21H2,1H3. The van der Waals surface area contributed by atoms with Crippen LogP contribution in [0.4, 0.5) is 5.69 Å². The first kappa shape index (κ1) is 21.5. The summed E-state index contributed by atoms with van der Waals surface area (Å²) in [5.41, 5.74) is 3.11. The minimum Gasteiger partial charge on any atom is -0.385 e. The first-order valence-corrected chi connectivity index (χ1v) is 12.3. The molecule has 168 valence electrons. The summed E-state index contributed by atoms with van der Waals surface area (Å²) in [6, 6.07) is 24.9. The summed E-state index contributed by atoms with van der Waals surface area (Å²) in [5, 5.41) is 13.7. The van der Waals surface area contributed by atoms with Gasteiger partial charge in [-0.2, -0.15) is 0 Å². The fraction of sp³-hybridized carbons (Fsp3) is 0.448. The molecule has 1 saturated heterocycles. The lowest BCUT2D eigenvalue weighted by Crippen LogP contribution is -2.38. The SMILES string of the molecule is CCN(c1cccc2ccccc12)C1CCCC(c2ccc(C3(O)CCOCC3)cc2)C1. The van der Waals surface area contributed by atoms with Crippen molar-refractivity contribution in [2.45, 2.75) is 63.0 Å². The van der Waals surface area contributed by atoms with Crippen molar-refractivity contribution < 1.29 is 9.84 Å². The van der Waals surface area contributed by atoms with Crippen LogP contribution >= 0.6 is 0 Å². The summed E-state index contributed by atoms with van der Waals surface area (Å²) in [5.74, 6) is 0.580. The molecule has 32 heavy (non-hydrogen) atoms. The molecule has 0 radical (unpaired) electrons. The van der Waals surface area contributed by atoms with Gasteiger partial charge < -0.3 is 14.7 Å². The van der Waals surface area contributed by atoms with E-state index in [0.717, 1.165) is 12.1 Å². The molecule has 2 atom stereocenters. The van der Waals surface area contributed by atoms with Gasteiger partial charge in [-0.1, -0.05) is 67.1 Å². The van der Waals surface area contributed by atoms with Crippen LogP contribution in [-0.4, -0.2) is 30.9 Å². The molecule has 2 unspecified atom stereocenters. The highest BCUT2D eigenvalue weighted by atomic mass is 16.5. The van der Waals surface area contributed by atoms with Crippen LogP contribution in [0.15, 0.2) is 66.7 Å². The lowest BCUT2D eigenvalue weighted by Gasteiger charge is -2.39. The van der Waals surface area contributed by atoms with Crippen molar-refractivity contribution in [3.05, 3.63) is 77.9 Å². The van der Waals surface area contributed by atoms with E-state index in [4.69, 9.17) is 4.74 Å². The summed E-state index contributed by atoms with van der Waals surface area (Å²) < 4.78 is 5.45. The third-order valence-electron chi connectivity index (χ3n) is 7.74. The Morgan fingerprint density at radius 2 is 1.69 bits per heavy atom. The fourth-order valence-electron chi connectivity index (χ4n) is 5.90. The number of benzene rings is 3. The molecule has 1 aliphatic carbocycles. The smallest absolute Gasteiger partial charge is 0.0940 e. The van der Waals surface area contributed by atoms with Crippen molar-refractivity contribution in [1.82, 2.24) is 0 Å². The van der Waals surface area contributed by atoms with Gasteiger partial charge in [0.05, 0.1) is 5.60 Å². The predicted octanol–water partition coefficient (Wildman–Crippen LogP) is 6.39. The van der Waals surface area contributed by atoms with E-state index >= 15 is 0 Å². The number of fused-ring (bicyclic) bond motifs is 1. The van der Waals surface area contributed by atoms with Crippen LogP contribution in [-0.2, 0) is 10.3 Å². The second kappa shape index (κ2) is 9.25. The molecule has 5 rings (SSSR count). The number of hydrogen-bond acceptors (Lipinski definition) is 3. The zero-order valence-electron chi connectivity index (χ0n) is 19.2. The van der Waals surface area contributed by atoms with Crippen molar-refractivity contribution >= 4 is 16.5 Å². The van der Waals surface area contributed by atoms with E-state index in [2.05, 4.69) is 78.6 Å². The van der Waals surface area contributed by atoms with E-state index in [1.54, 1.807) is 0 Å². The van der Waals surface area contributed by atoms with Crippen molar-refractivity contribution in [2.24, 2.45) is 0 Å². The van der Waals surface area contributed by atoms with E-state index in [-0.39, 0.29) is 0 Å². The number of anilines is 1. The van der Waals surface area contributed by atoms with Crippen LogP contribution < -0.4 is 4.90 Å². The van der Waals surface area contributed by atoms with Gasteiger partial charge in [-0.05, 0) is 54.7 Å². The first-order valence-electron chi connectivity index (χ1n) is 12.3. The molecule has 3 heteroatoms. The van der Waals surface area contributed by atoms with E-state index in [9.17, 15) is 5.11 Å². The van der Waals surface area contributed by atoms with Crippen LogP contribution in [0.25, 0.3) is 10.8 Å². The van der Waals surface area contributed by atoms with Gasteiger partial charge >= 0.3 is 0 Å². The van der Waals surface area contributed by atoms with Crippen LogP contribution in [0.1, 0.15) is 62.5 Å². The summed E-state index contributed by atoms with van der Waals surface area (Å²) in [6.07, 6.45) is 6.34. The van der Waals surface area contributed by atoms with E-state index in [0.29, 0.717) is 38.0 Å². The number of aliphatic hydroxyl groups is 1. The van der Waals surface area contributed by atoms with E-state index in [1.165, 1.54) is 47.7 Å². The van der Waals surface area contributed by atoms with Gasteiger partial charge in [0.25, 0.3) is 0 Å². The molecular weight excluding hydrogens is 394 g/mol. The van der Waals surface area contributed by atoms with Crippen molar-refractivity contribution in [3.63, 3.8) is 0 Å². The third-order valence-corrected chi connectivity index (χ3v) is 7.74. The third kappa shape index (κ3) is 4.16. The molecule has 2 fully saturated rings. The lowest BCUT2D eigenvalue weighted by atomic mass is 9.79. The minimum atomic E-state index is -0.723. The van der Waals surface area contributed by atoms with Gasteiger partial charge in [-0.25, -0.2) is 0 Å². The molecular formula is C29H35NO2. The highest BCUT2D eigenvalue weighted by Crippen LogP contribution is 2.39. The second-order valence-electron chi connectivity index (χ2n) is 9.57.